The minimum atomic E-state index is -0.0501. The molecule has 4 heteroatoms. The van der Waals surface area contributed by atoms with Crippen LogP contribution >= 0.6 is 24.0 Å². The summed E-state index contributed by atoms with van der Waals surface area (Å²) in [5.74, 6) is -0.0501. The van der Waals surface area contributed by atoms with Crippen molar-refractivity contribution in [3.8, 4) is 10.8 Å². The number of thiophene rings is 1. The molecule has 2 N–H and O–H groups in total. The van der Waals surface area contributed by atoms with E-state index in [4.69, 9.17) is 0 Å². The molecule has 0 amide bonds. The summed E-state index contributed by atoms with van der Waals surface area (Å²) >= 11 is 5.29. The van der Waals surface area contributed by atoms with Crippen molar-refractivity contribution in [3.05, 3.63) is 18.2 Å². The number of benzene rings is 1. The van der Waals surface area contributed by atoms with Gasteiger partial charge in [-0.1, -0.05) is 11.3 Å². The van der Waals surface area contributed by atoms with Crippen molar-refractivity contribution in [3.63, 3.8) is 0 Å². The number of rotatable bonds is 0. The summed E-state index contributed by atoms with van der Waals surface area (Å²) in [7, 11) is 0. The molecule has 0 saturated heterocycles. The largest absolute Gasteiger partial charge is 0.503 e. The Morgan fingerprint density at radius 3 is 2.75 bits per heavy atom. The predicted molar refractivity (Wildman–Crippen MR) is 52.4 cm³/mol. The summed E-state index contributed by atoms with van der Waals surface area (Å²) in [6.45, 7) is 0. The lowest BCUT2D eigenvalue weighted by atomic mass is 10.2. The summed E-state index contributed by atoms with van der Waals surface area (Å²) in [6.07, 6.45) is 0. The van der Waals surface area contributed by atoms with Gasteiger partial charge in [-0.3, -0.25) is 0 Å². The van der Waals surface area contributed by atoms with E-state index < -0.39 is 0 Å². The zero-order chi connectivity index (χ0) is 8.72. The minimum Gasteiger partial charge on any atom is -0.503 e. The van der Waals surface area contributed by atoms with E-state index in [0.29, 0.717) is 5.39 Å². The molecule has 0 aliphatic carbocycles. The van der Waals surface area contributed by atoms with Crippen LogP contribution in [0.4, 0.5) is 0 Å². The van der Waals surface area contributed by atoms with Crippen LogP contribution in [0.5, 0.6) is 10.8 Å². The van der Waals surface area contributed by atoms with E-state index in [1.54, 1.807) is 6.07 Å². The van der Waals surface area contributed by atoms with E-state index in [9.17, 15) is 10.2 Å². The van der Waals surface area contributed by atoms with Crippen LogP contribution in [0.25, 0.3) is 10.1 Å². The average Bonchev–Trinajstić information content (AvgIpc) is 2.31. The van der Waals surface area contributed by atoms with Gasteiger partial charge in [0.05, 0.1) is 0 Å². The molecular weight excluding hydrogens is 192 g/mol. The second-order valence-corrected chi connectivity index (χ2v) is 3.98. The lowest BCUT2D eigenvalue weighted by Crippen LogP contribution is -1.65. The highest BCUT2D eigenvalue weighted by atomic mass is 32.1. The maximum atomic E-state index is 9.35. The van der Waals surface area contributed by atoms with Gasteiger partial charge in [-0.15, -0.1) is 12.6 Å². The summed E-state index contributed by atoms with van der Waals surface area (Å²) in [6, 6.07) is 5.37. The second-order valence-electron chi connectivity index (χ2n) is 2.44. The molecule has 0 saturated carbocycles. The summed E-state index contributed by atoms with van der Waals surface area (Å²) in [4.78, 5) is 0.774. The van der Waals surface area contributed by atoms with Gasteiger partial charge in [-0.25, -0.2) is 0 Å². The molecule has 2 rings (SSSR count). The average molecular weight is 198 g/mol. The number of fused-ring (bicyclic) bond motifs is 1. The Balaban J connectivity index is 2.88. The lowest BCUT2D eigenvalue weighted by molar-refractivity contribution is 0.419. The first-order valence-electron chi connectivity index (χ1n) is 3.32. The lowest BCUT2D eigenvalue weighted by Gasteiger charge is -1.91. The van der Waals surface area contributed by atoms with Crippen molar-refractivity contribution in [2.24, 2.45) is 0 Å². The van der Waals surface area contributed by atoms with Gasteiger partial charge in [0.1, 0.15) is 0 Å². The van der Waals surface area contributed by atoms with Crippen LogP contribution in [0.2, 0.25) is 0 Å². The highest BCUT2D eigenvalue weighted by molar-refractivity contribution is 7.80. The third kappa shape index (κ3) is 1.04. The third-order valence-electron chi connectivity index (χ3n) is 1.63. The van der Waals surface area contributed by atoms with Crippen LogP contribution in [0.15, 0.2) is 23.1 Å². The zero-order valence-corrected chi connectivity index (χ0v) is 7.69. The molecule has 2 nitrogen and oxygen atoms in total. The number of thiol groups is 1. The first kappa shape index (κ1) is 7.76. The van der Waals surface area contributed by atoms with Gasteiger partial charge in [0, 0.05) is 15.0 Å². The highest BCUT2D eigenvalue weighted by Crippen LogP contribution is 2.42. The van der Waals surface area contributed by atoms with E-state index in [1.165, 1.54) is 0 Å². The molecule has 0 fully saturated rings. The number of hydrogen-bond acceptors (Lipinski definition) is 4. The molecule has 0 atom stereocenters. The first-order chi connectivity index (χ1) is 5.68. The Morgan fingerprint density at radius 1 is 1.25 bits per heavy atom. The van der Waals surface area contributed by atoms with Crippen molar-refractivity contribution in [2.75, 3.05) is 0 Å². The van der Waals surface area contributed by atoms with Gasteiger partial charge in [0.25, 0.3) is 0 Å². The standard InChI is InChI=1S/C8H6O2S2/c9-7-5-3-4(11)1-2-6(5)12-8(7)10/h1-3,9-11H. The Labute approximate surface area is 78.5 Å². The quantitative estimate of drug-likeness (QED) is 0.569. The highest BCUT2D eigenvalue weighted by Gasteiger charge is 2.08. The molecule has 0 radical (unpaired) electrons. The van der Waals surface area contributed by atoms with E-state index in [0.717, 1.165) is 20.9 Å². The molecule has 0 aliphatic rings. The Bertz CT molecular complexity index is 434. The topological polar surface area (TPSA) is 40.5 Å². The monoisotopic (exact) mass is 198 g/mol. The van der Waals surface area contributed by atoms with Crippen LogP contribution in [0.3, 0.4) is 0 Å². The molecule has 1 aromatic heterocycles. The third-order valence-corrected chi connectivity index (χ3v) is 2.87. The molecule has 1 aromatic carbocycles. The SMILES string of the molecule is Oc1sc2ccc(S)cc2c1O. The van der Waals surface area contributed by atoms with Crippen molar-refractivity contribution in [2.45, 2.75) is 4.90 Å². The van der Waals surface area contributed by atoms with Crippen molar-refractivity contribution in [1.29, 1.82) is 0 Å². The van der Waals surface area contributed by atoms with Gasteiger partial charge in [0.2, 0.25) is 5.06 Å². The first-order valence-corrected chi connectivity index (χ1v) is 4.58. The van der Waals surface area contributed by atoms with Gasteiger partial charge in [-0.2, -0.15) is 0 Å². The van der Waals surface area contributed by atoms with E-state index in [2.05, 4.69) is 12.6 Å². The van der Waals surface area contributed by atoms with Gasteiger partial charge in [0.15, 0.2) is 5.75 Å². The predicted octanol–water partition coefficient (Wildman–Crippen LogP) is 2.60. The van der Waals surface area contributed by atoms with Crippen LogP contribution < -0.4 is 0 Å². The smallest absolute Gasteiger partial charge is 0.215 e. The fourth-order valence-corrected chi connectivity index (χ4v) is 2.08. The Hall–Kier alpha value is -0.870. The number of aromatic hydroxyl groups is 2. The van der Waals surface area contributed by atoms with Crippen molar-refractivity contribution < 1.29 is 10.2 Å². The van der Waals surface area contributed by atoms with Crippen LogP contribution in [-0.2, 0) is 0 Å². The molecule has 0 bridgehead atoms. The zero-order valence-electron chi connectivity index (χ0n) is 5.98. The van der Waals surface area contributed by atoms with E-state index >= 15 is 0 Å². The number of hydrogen-bond donors (Lipinski definition) is 3. The fourth-order valence-electron chi connectivity index (χ4n) is 1.06. The fraction of sp³-hybridized carbons (Fsp3) is 0. The molecule has 2 aromatic rings. The Morgan fingerprint density at radius 2 is 2.00 bits per heavy atom. The molecular formula is C8H6O2S2. The van der Waals surface area contributed by atoms with E-state index in [1.807, 2.05) is 12.1 Å². The van der Waals surface area contributed by atoms with Crippen LogP contribution in [0, 0.1) is 0 Å². The van der Waals surface area contributed by atoms with Crippen molar-refractivity contribution >= 4 is 34.1 Å². The van der Waals surface area contributed by atoms with Crippen molar-refractivity contribution in [1.82, 2.24) is 0 Å². The molecule has 0 unspecified atom stereocenters. The van der Waals surface area contributed by atoms with Crippen LogP contribution in [-0.4, -0.2) is 10.2 Å². The molecule has 62 valence electrons. The Kier molecular flexibility index (Phi) is 1.66. The molecule has 12 heavy (non-hydrogen) atoms. The molecule has 0 aliphatic heterocycles. The maximum absolute atomic E-state index is 9.35. The molecule has 1 heterocycles. The van der Waals surface area contributed by atoms with Gasteiger partial charge in [-0.05, 0) is 18.2 Å². The summed E-state index contributed by atoms with van der Waals surface area (Å²) < 4.78 is 0.864. The summed E-state index contributed by atoms with van der Waals surface area (Å²) in [5, 5.41) is 19.1. The normalized spacial score (nSPS) is 10.8. The van der Waals surface area contributed by atoms with E-state index in [-0.39, 0.29) is 10.8 Å². The molecule has 0 spiro atoms. The van der Waals surface area contributed by atoms with Crippen LogP contribution in [0.1, 0.15) is 0 Å². The second kappa shape index (κ2) is 2.57. The van der Waals surface area contributed by atoms with Gasteiger partial charge < -0.3 is 10.2 Å². The summed E-state index contributed by atoms with van der Waals surface area (Å²) in [5.41, 5.74) is 0. The van der Waals surface area contributed by atoms with Gasteiger partial charge >= 0.3 is 0 Å². The maximum Gasteiger partial charge on any atom is 0.215 e. The minimum absolute atomic E-state index is 0.0380.